The van der Waals surface area contributed by atoms with E-state index in [4.69, 9.17) is 27.6 Å². The van der Waals surface area contributed by atoms with Crippen molar-refractivity contribution in [1.29, 1.82) is 0 Å². The van der Waals surface area contributed by atoms with Gasteiger partial charge in [-0.3, -0.25) is 4.79 Å². The standard InChI is InChI=1S/C20H11Cl2IN2O2S/c21-14-2-1-3-15(18(14)22)24-20-25-19(26)17(28-20)10-13-8-9-16(27-13)11-4-6-12(23)7-5-11/h1-10H,(H,24,25,26)/b17-10-. The molecular formula is C20H11Cl2IN2O2S. The molecule has 0 saturated carbocycles. The molecule has 0 aliphatic carbocycles. The number of carbonyl (C=O) groups is 1. The Morgan fingerprint density at radius 2 is 1.86 bits per heavy atom. The van der Waals surface area contributed by atoms with Crippen LogP contribution in [0.5, 0.6) is 0 Å². The summed E-state index contributed by atoms with van der Waals surface area (Å²) in [6, 6.07) is 16.9. The summed E-state index contributed by atoms with van der Waals surface area (Å²) in [5, 5.41) is 3.91. The van der Waals surface area contributed by atoms with Crippen molar-refractivity contribution >= 4 is 80.4 Å². The third-order valence-electron chi connectivity index (χ3n) is 3.83. The summed E-state index contributed by atoms with van der Waals surface area (Å²) in [5.74, 6) is 1.09. The fourth-order valence-corrected chi connectivity index (χ4v) is 4.01. The van der Waals surface area contributed by atoms with Crippen LogP contribution in [0.3, 0.4) is 0 Å². The molecule has 1 amide bonds. The number of benzene rings is 2. The van der Waals surface area contributed by atoms with Crippen molar-refractivity contribution in [2.75, 3.05) is 0 Å². The Morgan fingerprint density at radius 3 is 2.64 bits per heavy atom. The molecule has 3 aromatic rings. The third kappa shape index (κ3) is 4.30. The molecule has 1 N–H and O–H groups in total. The zero-order valence-electron chi connectivity index (χ0n) is 14.1. The number of hydrogen-bond donors (Lipinski definition) is 1. The summed E-state index contributed by atoms with van der Waals surface area (Å²) in [4.78, 5) is 17.1. The van der Waals surface area contributed by atoms with Gasteiger partial charge in [0.25, 0.3) is 5.91 Å². The highest BCUT2D eigenvalue weighted by Crippen LogP contribution is 2.35. The number of nitrogens with zero attached hydrogens (tertiary/aromatic N) is 1. The molecule has 0 radical (unpaired) electrons. The number of thioether (sulfide) groups is 1. The molecule has 0 spiro atoms. The zero-order valence-corrected chi connectivity index (χ0v) is 18.6. The Bertz CT molecular complexity index is 1120. The van der Waals surface area contributed by atoms with E-state index in [0.717, 1.165) is 14.9 Å². The van der Waals surface area contributed by atoms with E-state index in [1.54, 1.807) is 24.3 Å². The molecule has 0 bridgehead atoms. The number of amidine groups is 1. The molecule has 0 atom stereocenters. The van der Waals surface area contributed by atoms with Crippen LogP contribution in [-0.2, 0) is 4.79 Å². The number of halogens is 3. The van der Waals surface area contributed by atoms with Crippen LogP contribution in [0.1, 0.15) is 5.76 Å². The molecule has 1 saturated heterocycles. The summed E-state index contributed by atoms with van der Waals surface area (Å²) in [7, 11) is 0. The molecular weight excluding hydrogens is 530 g/mol. The topological polar surface area (TPSA) is 54.6 Å². The van der Waals surface area contributed by atoms with Crippen molar-refractivity contribution in [3.63, 3.8) is 0 Å². The van der Waals surface area contributed by atoms with E-state index in [1.807, 2.05) is 36.4 Å². The highest BCUT2D eigenvalue weighted by Gasteiger charge is 2.24. The summed E-state index contributed by atoms with van der Waals surface area (Å²) in [6.45, 7) is 0. The third-order valence-corrected chi connectivity index (χ3v) is 6.27. The lowest BCUT2D eigenvalue weighted by Crippen LogP contribution is -2.19. The minimum atomic E-state index is -0.242. The molecule has 2 heterocycles. The zero-order chi connectivity index (χ0) is 19.7. The molecule has 140 valence electrons. The van der Waals surface area contributed by atoms with Crippen LogP contribution in [0.2, 0.25) is 10.0 Å². The average Bonchev–Trinajstić information content (AvgIpc) is 3.27. The van der Waals surface area contributed by atoms with Gasteiger partial charge in [0.1, 0.15) is 11.5 Å². The van der Waals surface area contributed by atoms with Gasteiger partial charge in [0.05, 0.1) is 20.6 Å². The van der Waals surface area contributed by atoms with Gasteiger partial charge in [-0.05, 0) is 70.8 Å². The average molecular weight is 541 g/mol. The Labute approximate surface area is 189 Å². The van der Waals surface area contributed by atoms with Gasteiger partial charge in [0, 0.05) is 15.2 Å². The van der Waals surface area contributed by atoms with Crippen molar-refractivity contribution in [3.05, 3.63) is 78.9 Å². The Hall–Kier alpha value is -1.74. The largest absolute Gasteiger partial charge is 0.457 e. The number of carbonyl (C=O) groups excluding carboxylic acids is 1. The van der Waals surface area contributed by atoms with E-state index in [-0.39, 0.29) is 5.91 Å². The minimum absolute atomic E-state index is 0.242. The van der Waals surface area contributed by atoms with Gasteiger partial charge in [-0.1, -0.05) is 41.4 Å². The number of rotatable bonds is 3. The minimum Gasteiger partial charge on any atom is -0.457 e. The van der Waals surface area contributed by atoms with Gasteiger partial charge in [0.15, 0.2) is 5.17 Å². The number of aliphatic imine (C=N–C) groups is 1. The van der Waals surface area contributed by atoms with Gasteiger partial charge in [-0.25, -0.2) is 4.99 Å². The van der Waals surface area contributed by atoms with Crippen LogP contribution in [-0.4, -0.2) is 11.1 Å². The van der Waals surface area contributed by atoms with Gasteiger partial charge < -0.3 is 9.73 Å². The molecule has 4 nitrogen and oxygen atoms in total. The smallest absolute Gasteiger partial charge is 0.264 e. The molecule has 4 rings (SSSR count). The molecule has 1 fully saturated rings. The van der Waals surface area contributed by atoms with Crippen LogP contribution < -0.4 is 5.32 Å². The number of nitrogens with one attached hydrogen (secondary N) is 1. The van der Waals surface area contributed by atoms with Crippen molar-refractivity contribution in [1.82, 2.24) is 5.32 Å². The predicted molar refractivity (Wildman–Crippen MR) is 124 cm³/mol. The van der Waals surface area contributed by atoms with E-state index in [1.165, 1.54) is 11.8 Å². The summed E-state index contributed by atoms with van der Waals surface area (Å²) >= 11 is 15.6. The maximum Gasteiger partial charge on any atom is 0.264 e. The first kappa shape index (κ1) is 19.6. The second kappa shape index (κ2) is 8.32. The number of amides is 1. The number of hydrogen-bond acceptors (Lipinski definition) is 4. The van der Waals surface area contributed by atoms with E-state index >= 15 is 0 Å². The molecule has 28 heavy (non-hydrogen) atoms. The lowest BCUT2D eigenvalue weighted by Gasteiger charge is -2.00. The second-order valence-electron chi connectivity index (χ2n) is 5.76. The maximum absolute atomic E-state index is 12.3. The Balaban J connectivity index is 1.56. The highest BCUT2D eigenvalue weighted by molar-refractivity contribution is 14.1. The van der Waals surface area contributed by atoms with Gasteiger partial charge in [-0.15, -0.1) is 0 Å². The van der Waals surface area contributed by atoms with E-state index in [9.17, 15) is 4.79 Å². The molecule has 2 aromatic carbocycles. The molecule has 8 heteroatoms. The Morgan fingerprint density at radius 1 is 1.07 bits per heavy atom. The van der Waals surface area contributed by atoms with E-state index < -0.39 is 0 Å². The van der Waals surface area contributed by atoms with Gasteiger partial charge >= 0.3 is 0 Å². The summed E-state index contributed by atoms with van der Waals surface area (Å²) in [6.07, 6.45) is 1.69. The first-order valence-electron chi connectivity index (χ1n) is 8.09. The van der Waals surface area contributed by atoms with Crippen LogP contribution in [0, 0.1) is 3.57 Å². The second-order valence-corrected chi connectivity index (χ2v) is 8.83. The van der Waals surface area contributed by atoms with Crippen molar-refractivity contribution in [3.8, 4) is 11.3 Å². The van der Waals surface area contributed by atoms with Crippen molar-refractivity contribution < 1.29 is 9.21 Å². The Kier molecular flexibility index (Phi) is 5.82. The first-order chi connectivity index (χ1) is 13.5. The monoisotopic (exact) mass is 540 g/mol. The predicted octanol–water partition coefficient (Wildman–Crippen LogP) is 6.75. The van der Waals surface area contributed by atoms with E-state index in [0.29, 0.717) is 31.6 Å². The van der Waals surface area contributed by atoms with Crippen molar-refractivity contribution in [2.24, 2.45) is 4.99 Å². The van der Waals surface area contributed by atoms with E-state index in [2.05, 4.69) is 32.9 Å². The molecule has 0 unspecified atom stereocenters. The maximum atomic E-state index is 12.3. The van der Waals surface area contributed by atoms with Crippen LogP contribution in [0.15, 0.2) is 68.9 Å². The summed E-state index contributed by atoms with van der Waals surface area (Å²) in [5.41, 5.74) is 1.48. The fourth-order valence-electron chi connectivity index (χ4n) is 2.50. The quantitative estimate of drug-likeness (QED) is 0.295. The van der Waals surface area contributed by atoms with Crippen LogP contribution in [0.25, 0.3) is 17.4 Å². The molecule has 1 aliphatic rings. The van der Waals surface area contributed by atoms with Gasteiger partial charge in [0.2, 0.25) is 0 Å². The van der Waals surface area contributed by atoms with Gasteiger partial charge in [-0.2, -0.15) is 0 Å². The lowest BCUT2D eigenvalue weighted by molar-refractivity contribution is -0.115. The molecule has 1 aliphatic heterocycles. The summed E-state index contributed by atoms with van der Waals surface area (Å²) < 4.78 is 7.01. The van der Waals surface area contributed by atoms with Crippen LogP contribution >= 0.6 is 57.6 Å². The fraction of sp³-hybridized carbons (Fsp3) is 0. The van der Waals surface area contributed by atoms with Crippen LogP contribution in [0.4, 0.5) is 5.69 Å². The van der Waals surface area contributed by atoms with Crippen molar-refractivity contribution in [2.45, 2.75) is 0 Å². The highest BCUT2D eigenvalue weighted by atomic mass is 127. The molecule has 1 aromatic heterocycles. The first-order valence-corrected chi connectivity index (χ1v) is 10.7. The lowest BCUT2D eigenvalue weighted by atomic mass is 10.2. The normalized spacial score (nSPS) is 16.8. The number of furan rings is 1. The SMILES string of the molecule is O=C1NC(=Nc2cccc(Cl)c2Cl)S/C1=C\c1ccc(-c2ccc(I)cc2)o1.